The number of halogens is 1. The number of nitrogens with zero attached hydrogens (tertiary/aromatic N) is 3. The number of rotatable bonds is 3. The first-order chi connectivity index (χ1) is 14.3. The van der Waals surface area contributed by atoms with Crippen LogP contribution in [0.1, 0.15) is 19.8 Å². The monoisotopic (exact) mass is 433 g/mol. The van der Waals surface area contributed by atoms with Gasteiger partial charge in [-0.05, 0) is 37.5 Å². The number of nitrogens with two attached hydrogens (primary N) is 2. The summed E-state index contributed by atoms with van der Waals surface area (Å²) in [7, 11) is 3.26. The molecule has 0 saturated carbocycles. The van der Waals surface area contributed by atoms with Gasteiger partial charge < -0.3 is 25.8 Å². The molecular formula is C21H28ClN5O3. The first-order valence-electron chi connectivity index (χ1n) is 10.1. The third-order valence-corrected chi connectivity index (χ3v) is 6.92. The van der Waals surface area contributed by atoms with E-state index in [1.807, 2.05) is 6.92 Å². The van der Waals surface area contributed by atoms with Crippen molar-refractivity contribution < 1.29 is 9.47 Å². The fourth-order valence-corrected chi connectivity index (χ4v) is 4.87. The van der Waals surface area contributed by atoms with Crippen LogP contribution in [-0.4, -0.2) is 48.5 Å². The zero-order chi connectivity index (χ0) is 21.6. The summed E-state index contributed by atoms with van der Waals surface area (Å²) in [6.07, 6.45) is 1.86. The van der Waals surface area contributed by atoms with Gasteiger partial charge in [0.15, 0.2) is 0 Å². The van der Waals surface area contributed by atoms with Crippen molar-refractivity contribution in [2.45, 2.75) is 31.9 Å². The van der Waals surface area contributed by atoms with E-state index in [4.69, 9.17) is 32.5 Å². The lowest BCUT2D eigenvalue weighted by Gasteiger charge is -2.41. The van der Waals surface area contributed by atoms with E-state index in [-0.39, 0.29) is 28.9 Å². The van der Waals surface area contributed by atoms with Gasteiger partial charge in [0.1, 0.15) is 11.6 Å². The lowest BCUT2D eigenvalue weighted by atomic mass is 9.73. The maximum atomic E-state index is 13.2. The van der Waals surface area contributed by atoms with Crippen molar-refractivity contribution in [1.29, 1.82) is 0 Å². The van der Waals surface area contributed by atoms with Crippen molar-refractivity contribution >= 4 is 23.4 Å². The minimum Gasteiger partial charge on any atom is -0.495 e. The van der Waals surface area contributed by atoms with E-state index in [1.54, 1.807) is 36.9 Å². The van der Waals surface area contributed by atoms with Gasteiger partial charge in [-0.1, -0.05) is 17.7 Å². The molecule has 2 saturated heterocycles. The summed E-state index contributed by atoms with van der Waals surface area (Å²) < 4.78 is 12.5. The molecule has 4 rings (SSSR count). The molecule has 162 valence electrons. The molecule has 8 nitrogen and oxygen atoms in total. The fraction of sp³-hybridized carbons (Fsp3) is 0.524. The van der Waals surface area contributed by atoms with Crippen molar-refractivity contribution in [2.24, 2.45) is 18.2 Å². The van der Waals surface area contributed by atoms with Gasteiger partial charge in [-0.15, -0.1) is 0 Å². The largest absolute Gasteiger partial charge is 0.495 e. The van der Waals surface area contributed by atoms with Crippen LogP contribution in [0.15, 0.2) is 23.0 Å². The predicted molar refractivity (Wildman–Crippen MR) is 118 cm³/mol. The normalized spacial score (nSPS) is 23.2. The fourth-order valence-electron chi connectivity index (χ4n) is 4.61. The lowest BCUT2D eigenvalue weighted by molar-refractivity contribution is 0.0973. The molecule has 2 aliphatic rings. The molecule has 2 atom stereocenters. The first kappa shape index (κ1) is 21.0. The topological polar surface area (TPSA) is 109 Å². The molecular weight excluding hydrogens is 406 g/mol. The predicted octanol–water partition coefficient (Wildman–Crippen LogP) is 2.02. The van der Waals surface area contributed by atoms with Gasteiger partial charge in [0.05, 0.1) is 30.4 Å². The third kappa shape index (κ3) is 3.33. The Balaban J connectivity index is 1.63. The zero-order valence-electron chi connectivity index (χ0n) is 17.5. The Morgan fingerprint density at radius 1 is 1.33 bits per heavy atom. The molecule has 4 N–H and O–H groups in total. The average Bonchev–Trinajstić information content (AvgIpc) is 3.00. The summed E-state index contributed by atoms with van der Waals surface area (Å²) in [5.74, 6) is 1.28. The number of hydrogen-bond acceptors (Lipinski definition) is 7. The van der Waals surface area contributed by atoms with Crippen LogP contribution in [0.2, 0.25) is 5.02 Å². The van der Waals surface area contributed by atoms with Crippen LogP contribution in [0.3, 0.4) is 0 Å². The second kappa shape index (κ2) is 7.76. The highest BCUT2D eigenvalue weighted by Gasteiger charge is 2.47. The quantitative estimate of drug-likeness (QED) is 0.762. The standard InChI is InChI=1S/C21H28ClN5O3/c1-12-17(23)21(11-30-12)6-8-27(9-7-21)20-25-18(24)16(19(28)26(20)2)13-4-5-15(29-3)14(22)10-13/h4-5,10,12,17H,6-9,11,23-24H2,1-3H3/t12-,17+/m0/s1. The smallest absolute Gasteiger partial charge is 0.264 e. The van der Waals surface area contributed by atoms with Crippen molar-refractivity contribution in [2.75, 3.05) is 37.4 Å². The Hall–Kier alpha value is -2.29. The van der Waals surface area contributed by atoms with Gasteiger partial charge >= 0.3 is 0 Å². The van der Waals surface area contributed by atoms with E-state index in [9.17, 15) is 4.79 Å². The number of ether oxygens (including phenoxy) is 2. The van der Waals surface area contributed by atoms with E-state index in [2.05, 4.69) is 9.88 Å². The first-order valence-corrected chi connectivity index (χ1v) is 10.5. The van der Waals surface area contributed by atoms with Crippen LogP contribution >= 0.6 is 11.6 Å². The van der Waals surface area contributed by atoms with E-state index >= 15 is 0 Å². The van der Waals surface area contributed by atoms with Crippen molar-refractivity contribution in [1.82, 2.24) is 9.55 Å². The Kier molecular flexibility index (Phi) is 5.42. The number of methoxy groups -OCH3 is 1. The van der Waals surface area contributed by atoms with E-state index < -0.39 is 0 Å². The van der Waals surface area contributed by atoms with Crippen molar-refractivity contribution in [3.8, 4) is 16.9 Å². The Morgan fingerprint density at radius 3 is 2.60 bits per heavy atom. The van der Waals surface area contributed by atoms with Gasteiger partial charge in [0, 0.05) is 31.6 Å². The summed E-state index contributed by atoms with van der Waals surface area (Å²) in [5, 5.41) is 0.409. The minimum absolute atomic E-state index is 0.000111. The van der Waals surface area contributed by atoms with Crippen molar-refractivity contribution in [3.63, 3.8) is 0 Å². The van der Waals surface area contributed by atoms with Crippen LogP contribution in [0.4, 0.5) is 11.8 Å². The highest BCUT2D eigenvalue weighted by Crippen LogP contribution is 2.42. The minimum atomic E-state index is -0.214. The summed E-state index contributed by atoms with van der Waals surface area (Å²) in [4.78, 5) is 19.9. The maximum absolute atomic E-state index is 13.2. The molecule has 2 fully saturated rings. The molecule has 2 aliphatic heterocycles. The molecule has 9 heteroatoms. The number of hydrogen-bond donors (Lipinski definition) is 2. The van der Waals surface area contributed by atoms with Crippen LogP contribution < -0.4 is 26.7 Å². The van der Waals surface area contributed by atoms with E-state index in [0.29, 0.717) is 34.5 Å². The molecule has 30 heavy (non-hydrogen) atoms. The highest BCUT2D eigenvalue weighted by molar-refractivity contribution is 6.32. The molecule has 2 aromatic rings. The summed E-state index contributed by atoms with van der Waals surface area (Å²) >= 11 is 6.23. The number of benzene rings is 1. The van der Waals surface area contributed by atoms with E-state index in [1.165, 1.54) is 0 Å². The van der Waals surface area contributed by atoms with Crippen LogP contribution in [0, 0.1) is 5.41 Å². The number of anilines is 2. The molecule has 1 aromatic heterocycles. The molecule has 0 amide bonds. The molecule has 1 aromatic carbocycles. The maximum Gasteiger partial charge on any atom is 0.264 e. The lowest BCUT2D eigenvalue weighted by Crippen LogP contribution is -2.51. The second-order valence-corrected chi connectivity index (χ2v) is 8.68. The zero-order valence-corrected chi connectivity index (χ0v) is 18.3. The summed E-state index contributed by atoms with van der Waals surface area (Å²) in [6, 6.07) is 5.17. The highest BCUT2D eigenvalue weighted by atomic mass is 35.5. The van der Waals surface area contributed by atoms with Crippen LogP contribution in [0.25, 0.3) is 11.1 Å². The molecule has 0 radical (unpaired) electrons. The molecule has 3 heterocycles. The number of aromatic nitrogens is 2. The average molecular weight is 434 g/mol. The van der Waals surface area contributed by atoms with Gasteiger partial charge in [-0.3, -0.25) is 9.36 Å². The number of piperidine rings is 1. The Morgan fingerprint density at radius 2 is 2.03 bits per heavy atom. The third-order valence-electron chi connectivity index (χ3n) is 6.62. The van der Waals surface area contributed by atoms with Gasteiger partial charge in [-0.2, -0.15) is 4.98 Å². The molecule has 0 unspecified atom stereocenters. The molecule has 0 bridgehead atoms. The summed E-state index contributed by atoms with van der Waals surface area (Å²) in [5.41, 5.74) is 13.4. The Labute approximate surface area is 180 Å². The molecule has 1 spiro atoms. The number of nitrogen functional groups attached to an aromatic ring is 1. The van der Waals surface area contributed by atoms with Crippen LogP contribution in [-0.2, 0) is 11.8 Å². The van der Waals surface area contributed by atoms with Gasteiger partial charge in [0.25, 0.3) is 5.56 Å². The van der Waals surface area contributed by atoms with Crippen molar-refractivity contribution in [3.05, 3.63) is 33.6 Å². The van der Waals surface area contributed by atoms with Gasteiger partial charge in [0.2, 0.25) is 5.95 Å². The van der Waals surface area contributed by atoms with Crippen LogP contribution in [0.5, 0.6) is 5.75 Å². The van der Waals surface area contributed by atoms with Gasteiger partial charge in [-0.25, -0.2) is 0 Å². The Bertz CT molecular complexity index is 1020. The molecule has 0 aliphatic carbocycles. The van der Waals surface area contributed by atoms with E-state index in [0.717, 1.165) is 25.9 Å². The SMILES string of the molecule is COc1ccc(-c2c(N)nc(N3CCC4(CC3)CO[C@@H](C)[C@H]4N)n(C)c2=O)cc1Cl. The second-order valence-electron chi connectivity index (χ2n) is 8.28. The summed E-state index contributed by atoms with van der Waals surface area (Å²) in [6.45, 7) is 4.21.